The number of benzene rings is 2. The number of Topliss-reactive ketones (excluding diaryl/α,β-unsaturated/α-hetero) is 1. The van der Waals surface area contributed by atoms with Crippen molar-refractivity contribution in [2.45, 2.75) is 31.9 Å². The number of methoxy groups -OCH3 is 2. The van der Waals surface area contributed by atoms with Gasteiger partial charge in [0.1, 0.15) is 11.9 Å². The van der Waals surface area contributed by atoms with Crippen LogP contribution < -0.4 is 14.2 Å². The van der Waals surface area contributed by atoms with Crippen LogP contribution in [0.3, 0.4) is 0 Å². The van der Waals surface area contributed by atoms with Gasteiger partial charge in [0.05, 0.1) is 26.2 Å². The first kappa shape index (κ1) is 17.9. The number of hydrogen-bond acceptors (Lipinski definition) is 5. The van der Waals surface area contributed by atoms with Gasteiger partial charge in [0.15, 0.2) is 17.3 Å². The molecular formula is C22H25NO4. The van der Waals surface area contributed by atoms with Gasteiger partial charge < -0.3 is 14.2 Å². The first-order valence-corrected chi connectivity index (χ1v) is 9.45. The summed E-state index contributed by atoms with van der Waals surface area (Å²) in [6.45, 7) is 3.28. The minimum Gasteiger partial charge on any atom is -0.493 e. The summed E-state index contributed by atoms with van der Waals surface area (Å²) < 4.78 is 16.8. The van der Waals surface area contributed by atoms with Gasteiger partial charge in [-0.2, -0.15) is 0 Å². The second-order valence-corrected chi connectivity index (χ2v) is 7.17. The summed E-state index contributed by atoms with van der Waals surface area (Å²) in [6, 6.07) is 11.9. The first-order valence-electron chi connectivity index (χ1n) is 9.45. The van der Waals surface area contributed by atoms with Crippen LogP contribution in [0.2, 0.25) is 0 Å². The molecule has 142 valence electrons. The van der Waals surface area contributed by atoms with E-state index in [9.17, 15) is 4.79 Å². The van der Waals surface area contributed by atoms with Gasteiger partial charge in [-0.25, -0.2) is 0 Å². The highest BCUT2D eigenvalue weighted by molar-refractivity contribution is 6.00. The quantitative estimate of drug-likeness (QED) is 0.799. The standard InChI is InChI=1S/C22H25NO4/c1-25-21-11-17-18(24)12-19(27-20(17)13-22(21)26-2)16-7-5-6-15(10-16)14-23-8-3-4-9-23/h5-7,10-11,13,19H,3-4,8-9,12,14H2,1-2H3. The largest absolute Gasteiger partial charge is 0.493 e. The summed E-state index contributed by atoms with van der Waals surface area (Å²) in [5.74, 6) is 1.72. The van der Waals surface area contributed by atoms with Crippen LogP contribution in [0.5, 0.6) is 17.2 Å². The van der Waals surface area contributed by atoms with Crippen LogP contribution in [-0.2, 0) is 6.54 Å². The molecule has 0 saturated carbocycles. The molecule has 5 nitrogen and oxygen atoms in total. The van der Waals surface area contributed by atoms with Gasteiger partial charge >= 0.3 is 0 Å². The van der Waals surface area contributed by atoms with Gasteiger partial charge in [-0.3, -0.25) is 9.69 Å². The van der Waals surface area contributed by atoms with Crippen LogP contribution in [0, 0.1) is 0 Å². The van der Waals surface area contributed by atoms with E-state index in [2.05, 4.69) is 23.1 Å². The Morgan fingerprint density at radius 1 is 1.07 bits per heavy atom. The lowest BCUT2D eigenvalue weighted by molar-refractivity contribution is 0.0848. The zero-order valence-electron chi connectivity index (χ0n) is 15.9. The lowest BCUT2D eigenvalue weighted by Crippen LogP contribution is -2.21. The van der Waals surface area contributed by atoms with Crippen molar-refractivity contribution in [2.75, 3.05) is 27.3 Å². The second-order valence-electron chi connectivity index (χ2n) is 7.17. The van der Waals surface area contributed by atoms with Crippen molar-refractivity contribution in [3.63, 3.8) is 0 Å². The number of rotatable bonds is 5. The molecule has 4 rings (SSSR count). The average molecular weight is 367 g/mol. The number of hydrogen-bond donors (Lipinski definition) is 0. The number of likely N-dealkylation sites (tertiary alicyclic amines) is 1. The van der Waals surface area contributed by atoms with Crippen molar-refractivity contribution in [3.05, 3.63) is 53.1 Å². The van der Waals surface area contributed by atoms with E-state index in [1.807, 2.05) is 6.07 Å². The van der Waals surface area contributed by atoms with Crippen molar-refractivity contribution < 1.29 is 19.0 Å². The van der Waals surface area contributed by atoms with Crippen molar-refractivity contribution in [1.29, 1.82) is 0 Å². The Morgan fingerprint density at radius 2 is 1.81 bits per heavy atom. The Labute approximate surface area is 159 Å². The summed E-state index contributed by atoms with van der Waals surface area (Å²) in [4.78, 5) is 15.2. The molecule has 2 aromatic carbocycles. The molecule has 2 heterocycles. The molecule has 1 saturated heterocycles. The fourth-order valence-electron chi connectivity index (χ4n) is 3.93. The maximum absolute atomic E-state index is 12.7. The van der Waals surface area contributed by atoms with Crippen molar-refractivity contribution in [1.82, 2.24) is 4.90 Å². The Hall–Kier alpha value is -2.53. The summed E-state index contributed by atoms with van der Waals surface area (Å²) in [5.41, 5.74) is 2.86. The number of carbonyl (C=O) groups excluding carboxylic acids is 1. The highest BCUT2D eigenvalue weighted by Gasteiger charge is 2.29. The Kier molecular flexibility index (Phi) is 5.03. The Balaban J connectivity index is 1.58. The zero-order chi connectivity index (χ0) is 18.8. The van der Waals surface area contributed by atoms with Gasteiger partial charge in [0.2, 0.25) is 0 Å². The SMILES string of the molecule is COc1cc2c(cc1OC)C(=O)CC(c1cccc(CN3CCCC3)c1)O2. The molecule has 27 heavy (non-hydrogen) atoms. The molecule has 5 heteroatoms. The second kappa shape index (κ2) is 7.61. The predicted octanol–water partition coefficient (Wildman–Crippen LogP) is 4.01. The van der Waals surface area contributed by atoms with Gasteiger partial charge in [-0.05, 0) is 43.1 Å². The maximum atomic E-state index is 12.7. The van der Waals surface area contributed by atoms with Crippen LogP contribution in [-0.4, -0.2) is 38.0 Å². The molecule has 0 aliphatic carbocycles. The van der Waals surface area contributed by atoms with E-state index in [0.717, 1.165) is 25.2 Å². The van der Waals surface area contributed by atoms with E-state index < -0.39 is 0 Å². The maximum Gasteiger partial charge on any atom is 0.170 e. The van der Waals surface area contributed by atoms with Crippen LogP contribution in [0.1, 0.15) is 46.9 Å². The highest BCUT2D eigenvalue weighted by atomic mass is 16.5. The Bertz CT molecular complexity index is 842. The van der Waals surface area contributed by atoms with Crippen molar-refractivity contribution in [2.24, 2.45) is 0 Å². The monoisotopic (exact) mass is 367 g/mol. The molecule has 2 aliphatic heterocycles. The van der Waals surface area contributed by atoms with E-state index in [4.69, 9.17) is 14.2 Å². The molecule has 1 atom stereocenters. The van der Waals surface area contributed by atoms with Gasteiger partial charge in [-0.15, -0.1) is 0 Å². The van der Waals surface area contributed by atoms with E-state index in [1.165, 1.54) is 18.4 Å². The van der Waals surface area contributed by atoms with Crippen molar-refractivity contribution in [3.8, 4) is 17.2 Å². The molecule has 1 fully saturated rings. The summed E-state index contributed by atoms with van der Waals surface area (Å²) in [5, 5.41) is 0. The smallest absolute Gasteiger partial charge is 0.170 e. The summed E-state index contributed by atoms with van der Waals surface area (Å²) >= 11 is 0. The molecular weight excluding hydrogens is 342 g/mol. The molecule has 2 aromatic rings. The molecule has 0 bridgehead atoms. The average Bonchev–Trinajstić information content (AvgIpc) is 3.20. The van der Waals surface area contributed by atoms with E-state index in [1.54, 1.807) is 26.4 Å². The molecule has 0 N–H and O–H groups in total. The number of ether oxygens (including phenoxy) is 3. The first-order chi connectivity index (χ1) is 13.2. The van der Waals surface area contributed by atoms with E-state index >= 15 is 0 Å². The number of ketones is 1. The van der Waals surface area contributed by atoms with Gasteiger partial charge in [0.25, 0.3) is 0 Å². The molecule has 2 aliphatic rings. The minimum absolute atomic E-state index is 0.0622. The molecule has 0 amide bonds. The summed E-state index contributed by atoms with van der Waals surface area (Å²) in [7, 11) is 3.14. The third-order valence-electron chi connectivity index (χ3n) is 5.35. The predicted molar refractivity (Wildman–Crippen MR) is 103 cm³/mol. The Morgan fingerprint density at radius 3 is 2.56 bits per heavy atom. The lowest BCUT2D eigenvalue weighted by atomic mass is 9.95. The van der Waals surface area contributed by atoms with Crippen LogP contribution in [0.15, 0.2) is 36.4 Å². The molecule has 1 unspecified atom stereocenters. The minimum atomic E-state index is -0.276. The number of carbonyl (C=O) groups is 1. The van der Waals surface area contributed by atoms with Gasteiger partial charge in [-0.1, -0.05) is 24.3 Å². The normalized spacial score (nSPS) is 19.5. The van der Waals surface area contributed by atoms with E-state index in [-0.39, 0.29) is 11.9 Å². The van der Waals surface area contributed by atoms with Gasteiger partial charge in [0, 0.05) is 12.6 Å². The fraction of sp³-hybridized carbons (Fsp3) is 0.409. The molecule has 0 radical (unpaired) electrons. The third-order valence-corrected chi connectivity index (χ3v) is 5.35. The highest BCUT2D eigenvalue weighted by Crippen LogP contribution is 2.41. The fourth-order valence-corrected chi connectivity index (χ4v) is 3.93. The zero-order valence-corrected chi connectivity index (χ0v) is 15.9. The topological polar surface area (TPSA) is 48.0 Å². The third kappa shape index (κ3) is 3.65. The number of nitrogens with zero attached hydrogens (tertiary/aromatic N) is 1. The lowest BCUT2D eigenvalue weighted by Gasteiger charge is -2.27. The van der Waals surface area contributed by atoms with E-state index in [0.29, 0.717) is 29.2 Å². The molecule has 0 aromatic heterocycles. The molecule has 0 spiro atoms. The number of fused-ring (bicyclic) bond motifs is 1. The van der Waals surface area contributed by atoms with Crippen molar-refractivity contribution >= 4 is 5.78 Å². The van der Waals surface area contributed by atoms with Crippen LogP contribution >= 0.6 is 0 Å². The van der Waals surface area contributed by atoms with Crippen LogP contribution in [0.25, 0.3) is 0 Å². The summed E-state index contributed by atoms with van der Waals surface area (Å²) in [6.07, 6.45) is 2.61. The van der Waals surface area contributed by atoms with Crippen LogP contribution in [0.4, 0.5) is 0 Å².